The topological polar surface area (TPSA) is 21.3 Å². The van der Waals surface area contributed by atoms with E-state index in [0.717, 1.165) is 12.1 Å². The van der Waals surface area contributed by atoms with E-state index in [1.807, 2.05) is 0 Å². The molecular weight excluding hydrogens is 253 g/mol. The Kier molecular flexibility index (Phi) is 6.16. The lowest BCUT2D eigenvalue weighted by Gasteiger charge is -2.13. The molecule has 0 unspecified atom stereocenters. The minimum absolute atomic E-state index is 0.227. The van der Waals surface area contributed by atoms with Gasteiger partial charge in [0, 0.05) is 17.1 Å². The number of hydrogen-bond acceptors (Lipinski definition) is 2. The zero-order chi connectivity index (χ0) is 13.5. The van der Waals surface area contributed by atoms with Crippen molar-refractivity contribution in [3.05, 3.63) is 41.2 Å². The highest BCUT2D eigenvalue weighted by atomic mass is 35.5. The van der Waals surface area contributed by atoms with Crippen molar-refractivity contribution < 1.29 is 9.13 Å². The third-order valence-electron chi connectivity index (χ3n) is 2.27. The summed E-state index contributed by atoms with van der Waals surface area (Å²) in [7, 11) is 0. The summed E-state index contributed by atoms with van der Waals surface area (Å²) in [6.45, 7) is 9.46. The monoisotopic (exact) mass is 271 g/mol. The van der Waals surface area contributed by atoms with E-state index in [9.17, 15) is 4.39 Å². The molecule has 0 atom stereocenters. The summed E-state index contributed by atoms with van der Waals surface area (Å²) in [5.74, 6) is 0.911. The molecule has 1 N–H and O–H groups in total. The molecular formula is C14H19ClFNO. The Bertz CT molecular complexity index is 407. The van der Waals surface area contributed by atoms with E-state index in [2.05, 4.69) is 25.7 Å². The summed E-state index contributed by atoms with van der Waals surface area (Å²) in [4.78, 5) is 0. The van der Waals surface area contributed by atoms with Crippen LogP contribution in [0.1, 0.15) is 19.4 Å². The Hall–Kier alpha value is -1.06. The smallest absolute Gasteiger partial charge is 0.124 e. The molecule has 0 aliphatic carbocycles. The minimum atomic E-state index is -0.270. The Balaban J connectivity index is 2.67. The molecule has 1 aromatic rings. The second kappa shape index (κ2) is 7.39. The number of benzene rings is 1. The first-order valence-electron chi connectivity index (χ1n) is 5.94. The lowest BCUT2D eigenvalue weighted by atomic mass is 10.1. The van der Waals surface area contributed by atoms with Crippen LogP contribution in [0.15, 0.2) is 29.8 Å². The van der Waals surface area contributed by atoms with E-state index < -0.39 is 0 Å². The fourth-order valence-electron chi connectivity index (χ4n) is 1.48. The number of halogens is 2. The molecule has 0 amide bonds. The summed E-state index contributed by atoms with van der Waals surface area (Å²) in [5, 5.41) is 3.67. The number of rotatable bonds is 7. The van der Waals surface area contributed by atoms with Gasteiger partial charge in [0.05, 0.1) is 0 Å². The van der Waals surface area contributed by atoms with Crippen molar-refractivity contribution in [1.29, 1.82) is 0 Å². The first-order valence-corrected chi connectivity index (χ1v) is 6.32. The predicted octanol–water partition coefficient (Wildman–Crippen LogP) is 3.70. The van der Waals surface area contributed by atoms with Crippen molar-refractivity contribution in [2.24, 2.45) is 5.92 Å². The zero-order valence-corrected chi connectivity index (χ0v) is 11.6. The van der Waals surface area contributed by atoms with Gasteiger partial charge in [0.15, 0.2) is 0 Å². The summed E-state index contributed by atoms with van der Waals surface area (Å²) < 4.78 is 18.7. The van der Waals surface area contributed by atoms with E-state index in [1.54, 1.807) is 6.07 Å². The molecule has 18 heavy (non-hydrogen) atoms. The van der Waals surface area contributed by atoms with Crippen LogP contribution in [0.2, 0.25) is 0 Å². The van der Waals surface area contributed by atoms with Crippen LogP contribution >= 0.6 is 11.6 Å². The van der Waals surface area contributed by atoms with E-state index in [1.165, 1.54) is 12.1 Å². The summed E-state index contributed by atoms with van der Waals surface area (Å²) in [6, 6.07) is 4.46. The lowest BCUT2D eigenvalue weighted by Crippen LogP contribution is -2.19. The van der Waals surface area contributed by atoms with Gasteiger partial charge in [0.25, 0.3) is 0 Å². The number of ether oxygens (including phenoxy) is 1. The van der Waals surface area contributed by atoms with Gasteiger partial charge in [-0.2, -0.15) is 0 Å². The normalized spacial score (nSPS) is 10.7. The second-order valence-corrected chi connectivity index (χ2v) is 5.12. The van der Waals surface area contributed by atoms with Gasteiger partial charge in [-0.1, -0.05) is 32.0 Å². The first kappa shape index (κ1) is 15.0. The van der Waals surface area contributed by atoms with Gasteiger partial charge in [0.2, 0.25) is 0 Å². The summed E-state index contributed by atoms with van der Waals surface area (Å²) >= 11 is 5.65. The van der Waals surface area contributed by atoms with E-state index >= 15 is 0 Å². The molecule has 0 saturated heterocycles. The van der Waals surface area contributed by atoms with Gasteiger partial charge in [-0.05, 0) is 30.7 Å². The highest BCUT2D eigenvalue weighted by Gasteiger charge is 2.06. The van der Waals surface area contributed by atoms with Crippen molar-refractivity contribution in [1.82, 2.24) is 5.32 Å². The third kappa shape index (κ3) is 5.52. The molecule has 0 saturated carbocycles. The fourth-order valence-corrected chi connectivity index (χ4v) is 1.53. The van der Waals surface area contributed by atoms with Gasteiger partial charge in [-0.25, -0.2) is 4.39 Å². The Labute approximate surface area is 113 Å². The highest BCUT2D eigenvalue weighted by molar-refractivity contribution is 6.29. The van der Waals surface area contributed by atoms with Gasteiger partial charge >= 0.3 is 0 Å². The maximum Gasteiger partial charge on any atom is 0.124 e. The van der Waals surface area contributed by atoms with E-state index in [4.69, 9.17) is 16.3 Å². The number of nitrogens with one attached hydrogen (secondary N) is 1. The molecule has 1 aromatic carbocycles. The molecule has 0 aliphatic heterocycles. The van der Waals surface area contributed by atoms with Gasteiger partial charge in [-0.3, -0.25) is 0 Å². The summed E-state index contributed by atoms with van der Waals surface area (Å²) in [6.07, 6.45) is 0. The van der Waals surface area contributed by atoms with Crippen LogP contribution in [-0.4, -0.2) is 13.2 Å². The van der Waals surface area contributed by atoms with Crippen LogP contribution in [0.25, 0.3) is 0 Å². The summed E-state index contributed by atoms with van der Waals surface area (Å²) in [5.41, 5.74) is 0.786. The van der Waals surface area contributed by atoms with Crippen molar-refractivity contribution in [3.63, 3.8) is 0 Å². The molecule has 100 valence electrons. The Morgan fingerprint density at radius 2 is 2.22 bits per heavy atom. The lowest BCUT2D eigenvalue weighted by molar-refractivity contribution is 0.353. The molecule has 2 nitrogen and oxygen atoms in total. The van der Waals surface area contributed by atoms with Crippen LogP contribution in [0.3, 0.4) is 0 Å². The standard InChI is InChI=1S/C14H19ClFNO/c1-10(2)7-17-8-12-6-13(16)4-5-14(12)18-9-11(3)15/h4-6,10,17H,3,7-9H2,1-2H3. The van der Waals surface area contributed by atoms with Crippen LogP contribution < -0.4 is 10.1 Å². The predicted molar refractivity (Wildman–Crippen MR) is 73.4 cm³/mol. The Morgan fingerprint density at radius 3 is 2.83 bits per heavy atom. The maximum absolute atomic E-state index is 13.2. The highest BCUT2D eigenvalue weighted by Crippen LogP contribution is 2.20. The molecule has 0 spiro atoms. The molecule has 0 aromatic heterocycles. The first-order chi connectivity index (χ1) is 8.49. The zero-order valence-electron chi connectivity index (χ0n) is 10.8. The molecule has 4 heteroatoms. The van der Waals surface area contributed by atoms with E-state index in [-0.39, 0.29) is 12.4 Å². The van der Waals surface area contributed by atoms with Crippen molar-refractivity contribution in [3.8, 4) is 5.75 Å². The minimum Gasteiger partial charge on any atom is -0.488 e. The molecule has 0 bridgehead atoms. The Morgan fingerprint density at radius 1 is 1.50 bits per heavy atom. The van der Waals surface area contributed by atoms with E-state index in [0.29, 0.717) is 23.2 Å². The molecule has 0 heterocycles. The third-order valence-corrected chi connectivity index (χ3v) is 2.38. The van der Waals surface area contributed by atoms with Gasteiger partial charge in [-0.15, -0.1) is 0 Å². The maximum atomic E-state index is 13.2. The van der Waals surface area contributed by atoms with Crippen molar-refractivity contribution in [2.45, 2.75) is 20.4 Å². The van der Waals surface area contributed by atoms with Crippen LogP contribution in [-0.2, 0) is 6.54 Å². The second-order valence-electron chi connectivity index (χ2n) is 4.58. The fraction of sp³-hybridized carbons (Fsp3) is 0.429. The largest absolute Gasteiger partial charge is 0.488 e. The number of hydrogen-bond donors (Lipinski definition) is 1. The van der Waals surface area contributed by atoms with Crippen molar-refractivity contribution >= 4 is 11.6 Å². The molecule has 0 fully saturated rings. The van der Waals surface area contributed by atoms with Crippen molar-refractivity contribution in [2.75, 3.05) is 13.2 Å². The average molecular weight is 272 g/mol. The van der Waals surface area contributed by atoms with Gasteiger partial charge < -0.3 is 10.1 Å². The molecule has 0 radical (unpaired) electrons. The molecule has 0 aliphatic rings. The van der Waals surface area contributed by atoms with Crippen LogP contribution in [0.4, 0.5) is 4.39 Å². The van der Waals surface area contributed by atoms with Gasteiger partial charge in [0.1, 0.15) is 18.2 Å². The molecule has 1 rings (SSSR count). The van der Waals surface area contributed by atoms with Crippen LogP contribution in [0.5, 0.6) is 5.75 Å². The SMILES string of the molecule is C=C(Cl)COc1ccc(F)cc1CNCC(C)C. The van der Waals surface area contributed by atoms with Crippen LogP contribution in [0, 0.1) is 11.7 Å². The quantitative estimate of drug-likeness (QED) is 0.816. The average Bonchev–Trinajstić information content (AvgIpc) is 2.27.